The second-order valence-electron chi connectivity index (χ2n) is 4.62. The molecule has 1 aliphatic heterocycles. The molecule has 1 aromatic heterocycles. The summed E-state index contributed by atoms with van der Waals surface area (Å²) in [7, 11) is 0. The zero-order valence-corrected chi connectivity index (χ0v) is 13.4. The van der Waals surface area contributed by atoms with E-state index in [1.165, 1.54) is 11.3 Å². The van der Waals surface area contributed by atoms with Gasteiger partial charge >= 0.3 is 0 Å². The lowest BCUT2D eigenvalue weighted by Gasteiger charge is -2.02. The highest BCUT2D eigenvalue weighted by molar-refractivity contribution is 9.10. The molecule has 0 saturated carbocycles. The van der Waals surface area contributed by atoms with Gasteiger partial charge in [-0.2, -0.15) is 0 Å². The van der Waals surface area contributed by atoms with Crippen molar-refractivity contribution < 1.29 is 9.59 Å². The van der Waals surface area contributed by atoms with Gasteiger partial charge in [-0.1, -0.05) is 27.3 Å². The quantitative estimate of drug-likeness (QED) is 0.859. The van der Waals surface area contributed by atoms with E-state index in [1.807, 2.05) is 0 Å². The molecule has 0 fully saturated rings. The Kier molecular flexibility index (Phi) is 4.03. The van der Waals surface area contributed by atoms with Gasteiger partial charge in [0.1, 0.15) is 4.88 Å². The molecule has 5 nitrogen and oxygen atoms in total. The van der Waals surface area contributed by atoms with Crippen molar-refractivity contribution in [2.24, 2.45) is 0 Å². The van der Waals surface area contributed by atoms with Gasteiger partial charge < -0.3 is 5.32 Å². The number of rotatable bonds is 2. The number of hydrogen-bond donors (Lipinski definition) is 2. The van der Waals surface area contributed by atoms with Gasteiger partial charge in [-0.25, -0.2) is 4.98 Å². The maximum absolute atomic E-state index is 12.1. The third kappa shape index (κ3) is 3.14. The lowest BCUT2D eigenvalue weighted by molar-refractivity contribution is 0.0958. The molecule has 1 aliphatic rings. The Morgan fingerprint density at radius 2 is 2.10 bits per heavy atom. The number of amides is 2. The first-order valence-corrected chi connectivity index (χ1v) is 8.09. The molecule has 0 unspecified atom stereocenters. The van der Waals surface area contributed by atoms with Crippen LogP contribution in [0.4, 0.5) is 5.13 Å². The molecular formula is C14H12BrN3O2S. The highest BCUT2D eigenvalue weighted by atomic mass is 79.9. The minimum Gasteiger partial charge on any atom is -0.351 e. The third-order valence-corrected chi connectivity index (χ3v) is 4.65. The zero-order valence-electron chi connectivity index (χ0n) is 11.0. The normalized spacial score (nSPS) is 14.0. The topological polar surface area (TPSA) is 71.1 Å². The van der Waals surface area contributed by atoms with Crippen molar-refractivity contribution in [1.82, 2.24) is 10.3 Å². The van der Waals surface area contributed by atoms with Crippen molar-refractivity contribution in [3.8, 4) is 0 Å². The van der Waals surface area contributed by atoms with Crippen LogP contribution < -0.4 is 10.6 Å². The third-order valence-electron chi connectivity index (χ3n) is 3.11. The van der Waals surface area contributed by atoms with Crippen molar-refractivity contribution in [2.45, 2.75) is 12.8 Å². The number of benzene rings is 1. The number of nitrogens with one attached hydrogen (secondary N) is 2. The van der Waals surface area contributed by atoms with Gasteiger partial charge in [-0.3, -0.25) is 14.9 Å². The number of nitrogens with zero attached hydrogens (tertiary/aromatic N) is 1. The van der Waals surface area contributed by atoms with Crippen molar-refractivity contribution in [2.75, 3.05) is 11.9 Å². The fourth-order valence-electron chi connectivity index (χ4n) is 2.06. The van der Waals surface area contributed by atoms with E-state index in [0.29, 0.717) is 22.1 Å². The minimum atomic E-state index is -0.230. The molecule has 0 radical (unpaired) electrons. The standard InChI is InChI=1S/C14H12BrN3O2S/c15-9-5-3-8(4-6-9)12(19)18-14-17-10-2-1-7-16-13(20)11(10)21-14/h3-6H,1-2,7H2,(H,16,20)(H,17,18,19). The van der Waals surface area contributed by atoms with Crippen molar-refractivity contribution in [3.05, 3.63) is 44.9 Å². The number of anilines is 1. The monoisotopic (exact) mass is 365 g/mol. The van der Waals surface area contributed by atoms with E-state index in [9.17, 15) is 9.59 Å². The Balaban J connectivity index is 1.79. The summed E-state index contributed by atoms with van der Waals surface area (Å²) in [5.74, 6) is -0.337. The maximum Gasteiger partial charge on any atom is 0.263 e. The average Bonchev–Trinajstić information content (AvgIpc) is 2.79. The van der Waals surface area contributed by atoms with Crippen LogP contribution in [-0.2, 0) is 6.42 Å². The van der Waals surface area contributed by atoms with Gasteiger partial charge in [-0.05, 0) is 37.1 Å². The average molecular weight is 366 g/mol. The SMILES string of the molecule is O=C(Nc1nc2c(s1)C(=O)NCCC2)c1ccc(Br)cc1. The van der Waals surface area contributed by atoms with Crippen molar-refractivity contribution in [3.63, 3.8) is 0 Å². The summed E-state index contributed by atoms with van der Waals surface area (Å²) in [4.78, 5) is 28.9. The number of fused-ring (bicyclic) bond motifs is 1. The molecule has 0 spiro atoms. The first kappa shape index (κ1) is 14.2. The molecule has 2 aromatic rings. The predicted molar refractivity (Wildman–Crippen MR) is 84.9 cm³/mol. The van der Waals surface area contributed by atoms with Crippen LogP contribution in [0.5, 0.6) is 0 Å². The number of carbonyl (C=O) groups is 2. The van der Waals surface area contributed by atoms with Crippen LogP contribution in [0, 0.1) is 0 Å². The molecule has 7 heteroatoms. The van der Waals surface area contributed by atoms with Crippen LogP contribution in [-0.4, -0.2) is 23.3 Å². The Labute approximate surface area is 133 Å². The van der Waals surface area contributed by atoms with E-state index in [0.717, 1.165) is 23.0 Å². The number of aromatic nitrogens is 1. The number of carbonyl (C=O) groups excluding carboxylic acids is 2. The smallest absolute Gasteiger partial charge is 0.263 e. The summed E-state index contributed by atoms with van der Waals surface area (Å²) in [6.07, 6.45) is 1.61. The molecule has 3 rings (SSSR count). The van der Waals surface area contributed by atoms with Gasteiger partial charge in [0.2, 0.25) is 0 Å². The lowest BCUT2D eigenvalue weighted by Crippen LogP contribution is -2.21. The Morgan fingerprint density at radius 3 is 2.86 bits per heavy atom. The summed E-state index contributed by atoms with van der Waals surface area (Å²) >= 11 is 4.55. The molecule has 108 valence electrons. The molecule has 21 heavy (non-hydrogen) atoms. The molecule has 0 bridgehead atoms. The van der Waals surface area contributed by atoms with Gasteiger partial charge in [-0.15, -0.1) is 0 Å². The summed E-state index contributed by atoms with van der Waals surface area (Å²) in [6, 6.07) is 7.06. The maximum atomic E-state index is 12.1. The largest absolute Gasteiger partial charge is 0.351 e. The van der Waals surface area contributed by atoms with Gasteiger partial charge in [0.05, 0.1) is 5.69 Å². The molecule has 0 atom stereocenters. The molecule has 2 amide bonds. The zero-order chi connectivity index (χ0) is 14.8. The Hall–Kier alpha value is -1.73. The first-order valence-electron chi connectivity index (χ1n) is 6.48. The molecule has 2 heterocycles. The van der Waals surface area contributed by atoms with E-state index < -0.39 is 0 Å². The van der Waals surface area contributed by atoms with E-state index >= 15 is 0 Å². The van der Waals surface area contributed by atoms with Crippen LogP contribution >= 0.6 is 27.3 Å². The molecular weight excluding hydrogens is 354 g/mol. The number of hydrogen-bond acceptors (Lipinski definition) is 4. The van der Waals surface area contributed by atoms with Gasteiger partial charge in [0.15, 0.2) is 5.13 Å². The first-order chi connectivity index (χ1) is 10.1. The highest BCUT2D eigenvalue weighted by Gasteiger charge is 2.21. The van der Waals surface area contributed by atoms with Crippen LogP contribution in [0.2, 0.25) is 0 Å². The van der Waals surface area contributed by atoms with Crippen LogP contribution in [0.15, 0.2) is 28.7 Å². The van der Waals surface area contributed by atoms with Crippen molar-refractivity contribution in [1.29, 1.82) is 0 Å². The minimum absolute atomic E-state index is 0.107. The van der Waals surface area contributed by atoms with E-state index in [4.69, 9.17) is 0 Å². The summed E-state index contributed by atoms with van der Waals surface area (Å²) in [5.41, 5.74) is 1.31. The number of aryl methyl sites for hydroxylation is 1. The van der Waals surface area contributed by atoms with Crippen LogP contribution in [0.1, 0.15) is 32.1 Å². The summed E-state index contributed by atoms with van der Waals surface area (Å²) < 4.78 is 0.914. The summed E-state index contributed by atoms with van der Waals surface area (Å²) in [5, 5.41) is 6.03. The summed E-state index contributed by atoms with van der Waals surface area (Å²) in [6.45, 7) is 0.669. The van der Waals surface area contributed by atoms with Crippen molar-refractivity contribution >= 4 is 44.2 Å². The van der Waals surface area contributed by atoms with Gasteiger partial charge in [0, 0.05) is 16.6 Å². The number of thiazole rings is 1. The Bertz CT molecular complexity index is 697. The van der Waals surface area contributed by atoms with Crippen LogP contribution in [0.25, 0.3) is 0 Å². The second kappa shape index (κ2) is 5.95. The fourth-order valence-corrected chi connectivity index (χ4v) is 3.25. The molecule has 0 aliphatic carbocycles. The van der Waals surface area contributed by atoms with E-state index in [1.54, 1.807) is 24.3 Å². The van der Waals surface area contributed by atoms with Gasteiger partial charge in [0.25, 0.3) is 11.8 Å². The predicted octanol–water partition coefficient (Wildman–Crippen LogP) is 2.83. The Morgan fingerprint density at radius 1 is 1.33 bits per heavy atom. The second-order valence-corrected chi connectivity index (χ2v) is 6.53. The number of halogens is 1. The lowest BCUT2D eigenvalue weighted by atomic mass is 10.2. The fraction of sp³-hybridized carbons (Fsp3) is 0.214. The highest BCUT2D eigenvalue weighted by Crippen LogP contribution is 2.26. The van der Waals surface area contributed by atoms with Crippen LogP contribution in [0.3, 0.4) is 0 Å². The van der Waals surface area contributed by atoms with E-state index in [2.05, 4.69) is 31.5 Å². The molecule has 0 saturated heterocycles. The molecule has 2 N–H and O–H groups in total. The van der Waals surface area contributed by atoms with E-state index in [-0.39, 0.29) is 11.8 Å². The molecule has 1 aromatic carbocycles.